The number of aryl methyl sites for hydroxylation is 2. The molecule has 1 heterocycles. The molecular weight excluding hydrogens is 242 g/mol. The molecule has 0 radical (unpaired) electrons. The van der Waals surface area contributed by atoms with E-state index in [1.54, 1.807) is 0 Å². The molecule has 0 saturated heterocycles. The van der Waals surface area contributed by atoms with E-state index in [9.17, 15) is 0 Å². The molecule has 1 aliphatic rings. The Hall–Kier alpha value is -1.88. The number of nitrogens with two attached hydrogens (primary N) is 1. The van der Waals surface area contributed by atoms with E-state index in [0.717, 1.165) is 12.2 Å². The van der Waals surface area contributed by atoms with Gasteiger partial charge in [-0.25, -0.2) is 0 Å². The standard InChI is InChI=1S/C14H17N3O2/c15-8-14-16-13(17-19-14)9-18-12-6-5-10-3-1-2-4-11(10)7-12/h5-7H,1-4,8-9,15H2. The molecule has 1 aromatic heterocycles. The van der Waals surface area contributed by atoms with Gasteiger partial charge in [-0.1, -0.05) is 11.2 Å². The van der Waals surface area contributed by atoms with E-state index in [1.807, 2.05) is 6.07 Å². The summed E-state index contributed by atoms with van der Waals surface area (Å²) < 4.78 is 10.6. The zero-order valence-corrected chi connectivity index (χ0v) is 10.8. The number of aromatic nitrogens is 2. The Morgan fingerprint density at radius 1 is 1.21 bits per heavy atom. The van der Waals surface area contributed by atoms with Crippen LogP contribution >= 0.6 is 0 Å². The molecule has 2 N–H and O–H groups in total. The van der Waals surface area contributed by atoms with E-state index in [4.69, 9.17) is 15.0 Å². The van der Waals surface area contributed by atoms with Gasteiger partial charge in [0.15, 0.2) is 6.61 Å². The number of benzene rings is 1. The lowest BCUT2D eigenvalue weighted by atomic mass is 9.92. The third kappa shape index (κ3) is 2.76. The quantitative estimate of drug-likeness (QED) is 0.908. The molecule has 0 fully saturated rings. The van der Waals surface area contributed by atoms with Crippen LogP contribution in [-0.4, -0.2) is 10.1 Å². The fraction of sp³-hybridized carbons (Fsp3) is 0.429. The molecule has 0 unspecified atom stereocenters. The third-order valence-corrected chi connectivity index (χ3v) is 3.37. The van der Waals surface area contributed by atoms with Crippen molar-refractivity contribution in [1.29, 1.82) is 0 Å². The van der Waals surface area contributed by atoms with Gasteiger partial charge in [0.05, 0.1) is 6.54 Å². The summed E-state index contributed by atoms with van der Waals surface area (Å²) in [5.41, 5.74) is 8.26. The van der Waals surface area contributed by atoms with Gasteiger partial charge in [-0.2, -0.15) is 4.98 Å². The Balaban J connectivity index is 1.66. The minimum absolute atomic E-state index is 0.256. The number of fused-ring (bicyclic) bond motifs is 1. The third-order valence-electron chi connectivity index (χ3n) is 3.37. The summed E-state index contributed by atoms with van der Waals surface area (Å²) in [7, 11) is 0. The van der Waals surface area contributed by atoms with Crippen molar-refractivity contribution >= 4 is 0 Å². The fourth-order valence-electron chi connectivity index (χ4n) is 2.38. The van der Waals surface area contributed by atoms with Gasteiger partial charge in [0.1, 0.15) is 5.75 Å². The SMILES string of the molecule is NCc1nc(COc2ccc3c(c2)CCCC3)no1. The maximum absolute atomic E-state index is 5.69. The Labute approximate surface area is 111 Å². The lowest BCUT2D eigenvalue weighted by Gasteiger charge is -2.16. The van der Waals surface area contributed by atoms with Crippen LogP contribution in [0, 0.1) is 0 Å². The molecule has 0 amide bonds. The minimum atomic E-state index is 0.256. The van der Waals surface area contributed by atoms with Crippen LogP contribution in [0.15, 0.2) is 22.7 Å². The van der Waals surface area contributed by atoms with Crippen molar-refractivity contribution < 1.29 is 9.26 Å². The van der Waals surface area contributed by atoms with Crippen molar-refractivity contribution in [3.8, 4) is 5.75 Å². The molecule has 0 spiro atoms. The number of hydrogen-bond acceptors (Lipinski definition) is 5. The van der Waals surface area contributed by atoms with Crippen LogP contribution in [-0.2, 0) is 26.0 Å². The first-order chi connectivity index (χ1) is 9.35. The zero-order chi connectivity index (χ0) is 13.1. The first-order valence-electron chi connectivity index (χ1n) is 6.61. The van der Waals surface area contributed by atoms with Crippen LogP contribution in [0.5, 0.6) is 5.75 Å². The highest BCUT2D eigenvalue weighted by atomic mass is 16.5. The molecule has 0 aliphatic heterocycles. The first kappa shape index (κ1) is 12.2. The van der Waals surface area contributed by atoms with E-state index in [1.165, 1.54) is 30.4 Å². The summed E-state index contributed by atoms with van der Waals surface area (Å²) in [5, 5.41) is 3.80. The monoisotopic (exact) mass is 259 g/mol. The minimum Gasteiger partial charge on any atom is -0.485 e. The summed E-state index contributed by atoms with van der Waals surface area (Å²) in [6.07, 6.45) is 4.88. The molecule has 3 rings (SSSR count). The lowest BCUT2D eigenvalue weighted by molar-refractivity contribution is 0.284. The zero-order valence-electron chi connectivity index (χ0n) is 10.8. The fourth-order valence-corrected chi connectivity index (χ4v) is 2.38. The van der Waals surface area contributed by atoms with Crippen molar-refractivity contribution in [2.24, 2.45) is 5.73 Å². The van der Waals surface area contributed by atoms with Gasteiger partial charge >= 0.3 is 0 Å². The number of rotatable bonds is 4. The molecule has 0 bridgehead atoms. The molecule has 1 aliphatic carbocycles. The van der Waals surface area contributed by atoms with Crippen LogP contribution < -0.4 is 10.5 Å². The van der Waals surface area contributed by atoms with Crippen molar-refractivity contribution in [2.45, 2.75) is 38.8 Å². The Morgan fingerprint density at radius 3 is 2.84 bits per heavy atom. The Kier molecular flexibility index (Phi) is 3.46. The maximum Gasteiger partial charge on any atom is 0.240 e. The van der Waals surface area contributed by atoms with Crippen LogP contribution in [0.1, 0.15) is 35.7 Å². The van der Waals surface area contributed by atoms with E-state index < -0.39 is 0 Å². The molecular formula is C14H17N3O2. The Bertz CT molecular complexity index is 566. The molecule has 19 heavy (non-hydrogen) atoms. The number of hydrogen-bond donors (Lipinski definition) is 1. The summed E-state index contributed by atoms with van der Waals surface area (Å²) in [4.78, 5) is 4.10. The Morgan fingerprint density at radius 2 is 2.05 bits per heavy atom. The van der Waals surface area contributed by atoms with Gasteiger partial charge in [-0.3, -0.25) is 0 Å². The molecule has 0 saturated carbocycles. The highest BCUT2D eigenvalue weighted by Gasteiger charge is 2.10. The first-order valence-corrected chi connectivity index (χ1v) is 6.61. The van der Waals surface area contributed by atoms with Crippen molar-refractivity contribution in [3.05, 3.63) is 41.0 Å². The second-order valence-corrected chi connectivity index (χ2v) is 4.73. The van der Waals surface area contributed by atoms with Crippen LogP contribution in [0.4, 0.5) is 0 Å². The molecule has 100 valence electrons. The lowest BCUT2D eigenvalue weighted by Crippen LogP contribution is -2.04. The topological polar surface area (TPSA) is 74.2 Å². The highest BCUT2D eigenvalue weighted by Crippen LogP contribution is 2.25. The maximum atomic E-state index is 5.69. The number of nitrogens with zero attached hydrogens (tertiary/aromatic N) is 2. The summed E-state index contributed by atoms with van der Waals surface area (Å²) in [6, 6.07) is 6.29. The molecule has 5 heteroatoms. The van der Waals surface area contributed by atoms with Crippen molar-refractivity contribution in [1.82, 2.24) is 10.1 Å². The smallest absolute Gasteiger partial charge is 0.240 e. The van der Waals surface area contributed by atoms with Gasteiger partial charge < -0.3 is 15.0 Å². The number of ether oxygens (including phenoxy) is 1. The van der Waals surface area contributed by atoms with Gasteiger partial charge in [0, 0.05) is 0 Å². The predicted octanol–water partition coefficient (Wildman–Crippen LogP) is 1.99. The molecule has 0 atom stereocenters. The predicted molar refractivity (Wildman–Crippen MR) is 69.6 cm³/mol. The normalized spacial score (nSPS) is 14.2. The van der Waals surface area contributed by atoms with Crippen molar-refractivity contribution in [3.63, 3.8) is 0 Å². The summed E-state index contributed by atoms with van der Waals surface area (Å²) in [6.45, 7) is 0.564. The highest BCUT2D eigenvalue weighted by molar-refractivity contribution is 5.37. The second kappa shape index (κ2) is 5.40. The van der Waals surface area contributed by atoms with Gasteiger partial charge in [0.2, 0.25) is 11.7 Å². The molecule has 2 aromatic rings. The largest absolute Gasteiger partial charge is 0.485 e. The van der Waals surface area contributed by atoms with E-state index in [2.05, 4.69) is 22.3 Å². The van der Waals surface area contributed by atoms with Gasteiger partial charge in [-0.05, 0) is 48.9 Å². The average Bonchev–Trinajstić information content (AvgIpc) is 2.93. The molecule has 5 nitrogen and oxygen atoms in total. The van der Waals surface area contributed by atoms with Crippen molar-refractivity contribution in [2.75, 3.05) is 0 Å². The van der Waals surface area contributed by atoms with E-state index in [-0.39, 0.29) is 6.54 Å². The van der Waals surface area contributed by atoms with Crippen LogP contribution in [0.3, 0.4) is 0 Å². The molecule has 1 aromatic carbocycles. The van der Waals surface area contributed by atoms with Crippen LogP contribution in [0.25, 0.3) is 0 Å². The second-order valence-electron chi connectivity index (χ2n) is 4.73. The van der Waals surface area contributed by atoms with Crippen LogP contribution in [0.2, 0.25) is 0 Å². The summed E-state index contributed by atoms with van der Waals surface area (Å²) in [5.74, 6) is 1.82. The van der Waals surface area contributed by atoms with Gasteiger partial charge in [0.25, 0.3) is 0 Å². The van der Waals surface area contributed by atoms with E-state index in [0.29, 0.717) is 18.3 Å². The van der Waals surface area contributed by atoms with Gasteiger partial charge in [-0.15, -0.1) is 0 Å². The van der Waals surface area contributed by atoms with E-state index >= 15 is 0 Å². The average molecular weight is 259 g/mol. The summed E-state index contributed by atoms with van der Waals surface area (Å²) >= 11 is 0.